The van der Waals surface area contributed by atoms with E-state index in [0.717, 1.165) is 12.5 Å². The van der Waals surface area contributed by atoms with Gasteiger partial charge in [-0.15, -0.1) is 11.3 Å². The second-order valence-electron chi connectivity index (χ2n) is 4.99. The number of rotatable bonds is 3. The number of nitrogens with one attached hydrogen (secondary N) is 1. The summed E-state index contributed by atoms with van der Waals surface area (Å²) in [6.07, 6.45) is 7.97. The van der Waals surface area contributed by atoms with Gasteiger partial charge >= 0.3 is 0 Å². The summed E-state index contributed by atoms with van der Waals surface area (Å²) in [4.78, 5) is 6.43. The van der Waals surface area contributed by atoms with Crippen molar-refractivity contribution in [1.29, 1.82) is 0 Å². The summed E-state index contributed by atoms with van der Waals surface area (Å²) in [6, 6.07) is 0.597. The average molecular weight is 236 g/mol. The lowest BCUT2D eigenvalue weighted by Crippen LogP contribution is -2.23. The van der Waals surface area contributed by atoms with Crippen LogP contribution in [0.3, 0.4) is 0 Å². The Morgan fingerprint density at radius 3 is 2.88 bits per heavy atom. The van der Waals surface area contributed by atoms with Crippen molar-refractivity contribution < 1.29 is 0 Å². The monoisotopic (exact) mass is 236 g/mol. The maximum Gasteiger partial charge on any atom is 0.0962 e. The van der Waals surface area contributed by atoms with Crippen molar-refractivity contribution in [3.63, 3.8) is 0 Å². The molecule has 1 aromatic rings. The Bertz CT molecular complexity index is 368. The lowest BCUT2D eigenvalue weighted by molar-refractivity contribution is 0.417. The van der Waals surface area contributed by atoms with Crippen LogP contribution in [0.15, 0.2) is 0 Å². The van der Waals surface area contributed by atoms with Crippen molar-refractivity contribution in [2.75, 3.05) is 6.54 Å². The third kappa shape index (κ3) is 1.80. The van der Waals surface area contributed by atoms with Gasteiger partial charge in [-0.2, -0.15) is 0 Å². The van der Waals surface area contributed by atoms with E-state index in [-0.39, 0.29) is 0 Å². The van der Waals surface area contributed by atoms with Crippen molar-refractivity contribution in [3.05, 3.63) is 15.6 Å². The molecular weight excluding hydrogens is 216 g/mol. The van der Waals surface area contributed by atoms with Crippen LogP contribution in [-0.2, 0) is 6.42 Å². The number of fused-ring (bicyclic) bond motifs is 1. The maximum atomic E-state index is 4.88. The highest BCUT2D eigenvalue weighted by molar-refractivity contribution is 7.12. The molecule has 1 fully saturated rings. The maximum absolute atomic E-state index is 4.88. The number of hydrogen-bond donors (Lipinski definition) is 1. The van der Waals surface area contributed by atoms with Crippen LogP contribution in [0, 0.1) is 0 Å². The largest absolute Gasteiger partial charge is 0.309 e. The lowest BCUT2D eigenvalue weighted by atomic mass is 9.86. The van der Waals surface area contributed by atoms with Crippen molar-refractivity contribution in [1.82, 2.24) is 10.3 Å². The minimum absolute atomic E-state index is 0.597. The Labute approximate surface area is 101 Å². The molecule has 3 rings (SSSR count). The molecule has 2 aliphatic carbocycles. The fourth-order valence-corrected chi connectivity index (χ4v) is 4.10. The normalized spacial score (nSPS) is 25.2. The Morgan fingerprint density at radius 1 is 1.31 bits per heavy atom. The van der Waals surface area contributed by atoms with E-state index < -0.39 is 0 Å². The van der Waals surface area contributed by atoms with Crippen LogP contribution in [0.4, 0.5) is 0 Å². The summed E-state index contributed by atoms with van der Waals surface area (Å²) in [5.41, 5.74) is 1.41. The molecule has 2 nitrogen and oxygen atoms in total. The third-order valence-electron chi connectivity index (χ3n) is 3.87. The van der Waals surface area contributed by atoms with Gasteiger partial charge in [0.15, 0.2) is 0 Å². The molecule has 1 N–H and O–H groups in total. The highest BCUT2D eigenvalue weighted by Gasteiger charge is 2.28. The Hall–Kier alpha value is -0.410. The number of aromatic nitrogens is 1. The summed E-state index contributed by atoms with van der Waals surface area (Å²) in [5.74, 6) is 0.804. The van der Waals surface area contributed by atoms with Crippen LogP contribution < -0.4 is 5.32 Å². The third-order valence-corrected chi connectivity index (χ3v) is 5.25. The summed E-state index contributed by atoms with van der Waals surface area (Å²) in [7, 11) is 0. The van der Waals surface area contributed by atoms with Gasteiger partial charge in [0.05, 0.1) is 10.7 Å². The minimum atomic E-state index is 0.597. The van der Waals surface area contributed by atoms with E-state index in [2.05, 4.69) is 12.2 Å². The van der Waals surface area contributed by atoms with Gasteiger partial charge in [-0.3, -0.25) is 0 Å². The fourth-order valence-electron chi connectivity index (χ4n) is 2.71. The predicted molar refractivity (Wildman–Crippen MR) is 68.1 cm³/mol. The highest BCUT2D eigenvalue weighted by atomic mass is 32.1. The van der Waals surface area contributed by atoms with Crippen LogP contribution in [-0.4, -0.2) is 11.5 Å². The molecule has 1 unspecified atom stereocenters. The van der Waals surface area contributed by atoms with Crippen LogP contribution in [0.25, 0.3) is 0 Å². The molecule has 88 valence electrons. The van der Waals surface area contributed by atoms with Gasteiger partial charge in [0.25, 0.3) is 0 Å². The first kappa shape index (κ1) is 10.7. The summed E-state index contributed by atoms with van der Waals surface area (Å²) >= 11 is 1.99. The van der Waals surface area contributed by atoms with Gasteiger partial charge in [0, 0.05) is 16.8 Å². The molecule has 16 heavy (non-hydrogen) atoms. The van der Waals surface area contributed by atoms with E-state index in [1.165, 1.54) is 49.2 Å². The van der Waals surface area contributed by atoms with E-state index in [1.54, 1.807) is 4.88 Å². The molecule has 1 atom stereocenters. The first-order valence-electron chi connectivity index (χ1n) is 6.61. The number of hydrogen-bond acceptors (Lipinski definition) is 3. The van der Waals surface area contributed by atoms with Crippen molar-refractivity contribution in [2.24, 2.45) is 0 Å². The molecular formula is C13H20N2S. The van der Waals surface area contributed by atoms with Crippen LogP contribution in [0.1, 0.15) is 66.6 Å². The van der Waals surface area contributed by atoms with E-state index in [1.807, 2.05) is 11.3 Å². The Kier molecular flexibility index (Phi) is 2.99. The molecule has 0 aromatic carbocycles. The number of nitrogens with zero attached hydrogens (tertiary/aromatic N) is 1. The molecule has 1 heterocycles. The zero-order valence-electron chi connectivity index (χ0n) is 9.96. The smallest absolute Gasteiger partial charge is 0.0962 e. The molecule has 0 amide bonds. The first-order valence-corrected chi connectivity index (χ1v) is 7.43. The zero-order chi connectivity index (χ0) is 11.0. The zero-order valence-corrected chi connectivity index (χ0v) is 10.8. The van der Waals surface area contributed by atoms with Crippen molar-refractivity contribution >= 4 is 11.3 Å². The van der Waals surface area contributed by atoms with Gasteiger partial charge in [-0.05, 0) is 38.6 Å². The SMILES string of the molecule is CCNC1CCCc2nc(C3CCC3)sc21. The molecule has 0 aliphatic heterocycles. The molecule has 1 aromatic heterocycles. The standard InChI is InChI=1S/C13H20N2S/c1-2-14-10-7-4-8-11-12(10)16-13(15-11)9-5-3-6-9/h9-10,14H,2-8H2,1H3. The van der Waals surface area contributed by atoms with Gasteiger partial charge < -0.3 is 5.32 Å². The molecule has 1 saturated carbocycles. The second-order valence-corrected chi connectivity index (χ2v) is 6.06. The quantitative estimate of drug-likeness (QED) is 0.870. The summed E-state index contributed by atoms with van der Waals surface area (Å²) in [6.45, 7) is 3.27. The molecule has 0 radical (unpaired) electrons. The Morgan fingerprint density at radius 2 is 2.19 bits per heavy atom. The molecule has 0 saturated heterocycles. The lowest BCUT2D eigenvalue weighted by Gasteiger charge is -2.22. The number of aryl methyl sites for hydroxylation is 1. The molecule has 0 spiro atoms. The van der Waals surface area contributed by atoms with Crippen LogP contribution >= 0.6 is 11.3 Å². The summed E-state index contributed by atoms with van der Waals surface area (Å²) in [5, 5.41) is 5.03. The van der Waals surface area contributed by atoms with Gasteiger partial charge in [0.2, 0.25) is 0 Å². The predicted octanol–water partition coefficient (Wildman–Crippen LogP) is 3.40. The topological polar surface area (TPSA) is 24.9 Å². The van der Waals surface area contributed by atoms with E-state index >= 15 is 0 Å². The van der Waals surface area contributed by atoms with Crippen LogP contribution in [0.5, 0.6) is 0 Å². The minimum Gasteiger partial charge on any atom is -0.309 e. The van der Waals surface area contributed by atoms with Crippen LogP contribution in [0.2, 0.25) is 0 Å². The molecule has 0 bridgehead atoms. The highest BCUT2D eigenvalue weighted by Crippen LogP contribution is 2.42. The van der Waals surface area contributed by atoms with E-state index in [9.17, 15) is 0 Å². The van der Waals surface area contributed by atoms with Crippen molar-refractivity contribution in [3.8, 4) is 0 Å². The molecule has 3 heteroatoms. The van der Waals surface area contributed by atoms with E-state index in [0.29, 0.717) is 6.04 Å². The Balaban J connectivity index is 1.85. The average Bonchev–Trinajstić information content (AvgIpc) is 2.59. The molecule has 2 aliphatic rings. The van der Waals surface area contributed by atoms with Gasteiger partial charge in [-0.25, -0.2) is 4.98 Å². The van der Waals surface area contributed by atoms with Gasteiger partial charge in [0.1, 0.15) is 0 Å². The van der Waals surface area contributed by atoms with Gasteiger partial charge in [-0.1, -0.05) is 13.3 Å². The number of thiazole rings is 1. The second kappa shape index (κ2) is 4.46. The van der Waals surface area contributed by atoms with E-state index in [4.69, 9.17) is 4.98 Å². The summed E-state index contributed by atoms with van der Waals surface area (Å²) < 4.78 is 0. The van der Waals surface area contributed by atoms with Crippen molar-refractivity contribution in [2.45, 2.75) is 57.4 Å². The first-order chi connectivity index (χ1) is 7.88. The fraction of sp³-hybridized carbons (Fsp3) is 0.769.